The van der Waals surface area contributed by atoms with Crippen LogP contribution in [0.4, 0.5) is 0 Å². The van der Waals surface area contributed by atoms with Crippen molar-refractivity contribution in [2.45, 2.75) is 44.5 Å². The molecule has 0 saturated carbocycles. The molecule has 0 aliphatic carbocycles. The zero-order valence-corrected chi connectivity index (χ0v) is 8.32. The fraction of sp³-hybridized carbons (Fsp3) is 1.00. The fourth-order valence-electron chi connectivity index (χ4n) is 2.36. The summed E-state index contributed by atoms with van der Waals surface area (Å²) >= 11 is 0. The third-order valence-corrected chi connectivity index (χ3v) is 3.00. The number of aliphatic hydroxyl groups excluding tert-OH is 1. The summed E-state index contributed by atoms with van der Waals surface area (Å²) in [5, 5.41) is 9.88. The first-order valence-electron chi connectivity index (χ1n) is 5.02. The van der Waals surface area contributed by atoms with Gasteiger partial charge >= 0.3 is 0 Å². The van der Waals surface area contributed by atoms with Crippen LogP contribution in [0.2, 0.25) is 0 Å². The molecule has 3 heteroatoms. The quantitative estimate of drug-likeness (QED) is 0.612. The summed E-state index contributed by atoms with van der Waals surface area (Å²) in [5.74, 6) is 0.196. The Bertz CT molecular complexity index is 191. The Morgan fingerprint density at radius 1 is 1.38 bits per heavy atom. The number of fused-ring (bicyclic) bond motifs is 1. The van der Waals surface area contributed by atoms with Gasteiger partial charge in [-0.15, -0.1) is 0 Å². The lowest BCUT2D eigenvalue weighted by Gasteiger charge is -2.46. The fourth-order valence-corrected chi connectivity index (χ4v) is 2.36. The highest BCUT2D eigenvalue weighted by Crippen LogP contribution is 2.35. The van der Waals surface area contributed by atoms with Crippen LogP contribution >= 0.6 is 0 Å². The van der Waals surface area contributed by atoms with Crippen LogP contribution < -0.4 is 0 Å². The molecule has 2 heterocycles. The maximum absolute atomic E-state index is 9.88. The van der Waals surface area contributed by atoms with Crippen molar-refractivity contribution in [3.63, 3.8) is 0 Å². The van der Waals surface area contributed by atoms with E-state index in [-0.39, 0.29) is 23.7 Å². The molecule has 2 saturated heterocycles. The lowest BCUT2D eigenvalue weighted by molar-refractivity contribution is -0.210. The molecule has 3 unspecified atom stereocenters. The molecule has 0 radical (unpaired) electrons. The number of rotatable bonds is 0. The van der Waals surface area contributed by atoms with Crippen LogP contribution in [0.15, 0.2) is 0 Å². The first-order valence-corrected chi connectivity index (χ1v) is 5.02. The lowest BCUT2D eigenvalue weighted by Crippen LogP contribution is -2.52. The molecule has 1 N–H and O–H groups in total. The van der Waals surface area contributed by atoms with E-state index in [9.17, 15) is 5.11 Å². The average molecular weight is 186 g/mol. The molecular formula is C10H18O3. The van der Waals surface area contributed by atoms with Crippen molar-refractivity contribution in [3.05, 3.63) is 0 Å². The highest BCUT2D eigenvalue weighted by Gasteiger charge is 2.42. The van der Waals surface area contributed by atoms with Crippen LogP contribution in [0.1, 0.15) is 26.7 Å². The third-order valence-electron chi connectivity index (χ3n) is 3.00. The second kappa shape index (κ2) is 3.23. The smallest absolute Gasteiger partial charge is 0.0679 e. The number of hydrogen-bond acceptors (Lipinski definition) is 3. The number of aliphatic hydroxyl groups is 1. The second-order valence-electron chi connectivity index (χ2n) is 4.71. The van der Waals surface area contributed by atoms with Gasteiger partial charge in [0.25, 0.3) is 0 Å². The van der Waals surface area contributed by atoms with Gasteiger partial charge in [-0.1, -0.05) is 0 Å². The predicted molar refractivity (Wildman–Crippen MR) is 48.5 cm³/mol. The van der Waals surface area contributed by atoms with E-state index in [4.69, 9.17) is 9.47 Å². The minimum Gasteiger partial charge on any atom is -0.393 e. The molecule has 0 bridgehead atoms. The molecule has 2 fully saturated rings. The summed E-state index contributed by atoms with van der Waals surface area (Å²) in [7, 11) is 0. The molecule has 0 amide bonds. The van der Waals surface area contributed by atoms with E-state index in [1.807, 2.05) is 13.8 Å². The first-order chi connectivity index (χ1) is 6.08. The van der Waals surface area contributed by atoms with E-state index < -0.39 is 0 Å². The van der Waals surface area contributed by atoms with E-state index >= 15 is 0 Å². The standard InChI is InChI=1S/C10H18O3/c1-10(2)5-8(11)7-6-12-4-3-9(7)13-10/h7-9,11H,3-6H2,1-2H3. The highest BCUT2D eigenvalue weighted by atomic mass is 16.5. The first kappa shape index (κ1) is 9.44. The van der Waals surface area contributed by atoms with Crippen molar-refractivity contribution in [3.8, 4) is 0 Å². The van der Waals surface area contributed by atoms with Gasteiger partial charge in [-0.2, -0.15) is 0 Å². The van der Waals surface area contributed by atoms with E-state index in [0.29, 0.717) is 6.61 Å². The van der Waals surface area contributed by atoms with Gasteiger partial charge in [0.1, 0.15) is 0 Å². The van der Waals surface area contributed by atoms with Gasteiger partial charge in [0.2, 0.25) is 0 Å². The molecule has 3 atom stereocenters. The monoisotopic (exact) mass is 186 g/mol. The molecule has 13 heavy (non-hydrogen) atoms. The summed E-state index contributed by atoms with van der Waals surface area (Å²) in [5.41, 5.74) is -0.169. The van der Waals surface area contributed by atoms with Crippen LogP contribution in [0.3, 0.4) is 0 Å². The summed E-state index contributed by atoms with van der Waals surface area (Å²) in [6.45, 7) is 5.51. The minimum absolute atomic E-state index is 0.169. The molecule has 2 aliphatic heterocycles. The molecular weight excluding hydrogens is 168 g/mol. The van der Waals surface area contributed by atoms with Gasteiger partial charge in [0.05, 0.1) is 24.4 Å². The summed E-state index contributed by atoms with van der Waals surface area (Å²) in [6.07, 6.45) is 1.59. The summed E-state index contributed by atoms with van der Waals surface area (Å²) in [6, 6.07) is 0. The topological polar surface area (TPSA) is 38.7 Å². The van der Waals surface area contributed by atoms with E-state index in [1.165, 1.54) is 0 Å². The summed E-state index contributed by atoms with van der Waals surface area (Å²) < 4.78 is 11.2. The largest absolute Gasteiger partial charge is 0.393 e. The number of ether oxygens (including phenoxy) is 2. The zero-order valence-electron chi connectivity index (χ0n) is 8.32. The molecule has 0 aromatic carbocycles. The van der Waals surface area contributed by atoms with Crippen LogP contribution in [-0.4, -0.2) is 36.1 Å². The highest BCUT2D eigenvalue weighted by molar-refractivity contribution is 4.91. The van der Waals surface area contributed by atoms with Crippen molar-refractivity contribution in [1.29, 1.82) is 0 Å². The van der Waals surface area contributed by atoms with Gasteiger partial charge in [0, 0.05) is 18.9 Å². The van der Waals surface area contributed by atoms with Crippen molar-refractivity contribution >= 4 is 0 Å². The van der Waals surface area contributed by atoms with Crippen LogP contribution in [0, 0.1) is 5.92 Å². The van der Waals surface area contributed by atoms with Gasteiger partial charge in [-0.3, -0.25) is 0 Å². The average Bonchev–Trinajstić information content (AvgIpc) is 2.02. The Morgan fingerprint density at radius 3 is 2.92 bits per heavy atom. The van der Waals surface area contributed by atoms with Gasteiger partial charge in [-0.05, 0) is 20.3 Å². The molecule has 0 aromatic heterocycles. The Morgan fingerprint density at radius 2 is 2.15 bits per heavy atom. The maximum atomic E-state index is 9.88. The second-order valence-corrected chi connectivity index (χ2v) is 4.71. The Balaban J connectivity index is 2.07. The zero-order chi connectivity index (χ0) is 9.47. The van der Waals surface area contributed by atoms with Crippen LogP contribution in [0.5, 0.6) is 0 Å². The Hall–Kier alpha value is -0.120. The normalized spacial score (nSPS) is 44.1. The molecule has 3 nitrogen and oxygen atoms in total. The van der Waals surface area contributed by atoms with Crippen molar-refractivity contribution < 1.29 is 14.6 Å². The molecule has 2 rings (SSSR count). The SMILES string of the molecule is CC1(C)CC(O)C2COCCC2O1. The summed E-state index contributed by atoms with van der Waals surface area (Å²) in [4.78, 5) is 0. The van der Waals surface area contributed by atoms with Crippen molar-refractivity contribution in [1.82, 2.24) is 0 Å². The molecule has 0 spiro atoms. The molecule has 0 aromatic rings. The maximum Gasteiger partial charge on any atom is 0.0679 e. The van der Waals surface area contributed by atoms with E-state index in [0.717, 1.165) is 19.4 Å². The van der Waals surface area contributed by atoms with E-state index in [2.05, 4.69) is 0 Å². The van der Waals surface area contributed by atoms with Crippen LogP contribution in [0.25, 0.3) is 0 Å². The Labute approximate surface area is 79.0 Å². The predicted octanol–water partition coefficient (Wildman–Crippen LogP) is 0.951. The molecule has 2 aliphatic rings. The number of hydrogen-bond donors (Lipinski definition) is 1. The van der Waals surface area contributed by atoms with Crippen molar-refractivity contribution in [2.24, 2.45) is 5.92 Å². The lowest BCUT2D eigenvalue weighted by atomic mass is 9.82. The molecule has 76 valence electrons. The van der Waals surface area contributed by atoms with Gasteiger partial charge in [0.15, 0.2) is 0 Å². The van der Waals surface area contributed by atoms with Crippen molar-refractivity contribution in [2.75, 3.05) is 13.2 Å². The Kier molecular flexibility index (Phi) is 2.34. The van der Waals surface area contributed by atoms with Gasteiger partial charge in [-0.25, -0.2) is 0 Å². The minimum atomic E-state index is -0.256. The van der Waals surface area contributed by atoms with Crippen LogP contribution in [-0.2, 0) is 9.47 Å². The van der Waals surface area contributed by atoms with Gasteiger partial charge < -0.3 is 14.6 Å². The third kappa shape index (κ3) is 1.87. The van der Waals surface area contributed by atoms with E-state index in [1.54, 1.807) is 0 Å².